The van der Waals surface area contributed by atoms with Crippen LogP contribution in [0.2, 0.25) is 0 Å². The van der Waals surface area contributed by atoms with Crippen LogP contribution in [0.3, 0.4) is 0 Å². The molecule has 1 aromatic carbocycles. The second-order valence-electron chi connectivity index (χ2n) is 6.88. The first kappa shape index (κ1) is 18.7. The number of carbonyl (C=O) groups is 1. The van der Waals surface area contributed by atoms with Crippen molar-refractivity contribution in [2.75, 3.05) is 0 Å². The van der Waals surface area contributed by atoms with E-state index < -0.39 is 0 Å². The van der Waals surface area contributed by atoms with Crippen LogP contribution in [0.5, 0.6) is 0 Å². The summed E-state index contributed by atoms with van der Waals surface area (Å²) in [6.07, 6.45) is 0.540. The monoisotopic (exact) mass is 370 g/mol. The minimum absolute atomic E-state index is 0.185. The lowest BCUT2D eigenvalue weighted by molar-refractivity contribution is 0.0378. The van der Waals surface area contributed by atoms with E-state index in [1.807, 2.05) is 6.07 Å². The van der Waals surface area contributed by atoms with E-state index in [2.05, 4.69) is 39.4 Å². The summed E-state index contributed by atoms with van der Waals surface area (Å²) in [7, 11) is 0. The molecule has 0 aliphatic rings. The van der Waals surface area contributed by atoms with Crippen molar-refractivity contribution < 1.29 is 14.1 Å². The van der Waals surface area contributed by atoms with Gasteiger partial charge in [0.05, 0.1) is 11.7 Å². The van der Waals surface area contributed by atoms with Crippen molar-refractivity contribution in [2.24, 2.45) is 5.92 Å². The zero-order chi connectivity index (χ0) is 19.4. The van der Waals surface area contributed by atoms with Crippen LogP contribution in [0, 0.1) is 5.92 Å². The van der Waals surface area contributed by atoms with Gasteiger partial charge in [0.1, 0.15) is 6.54 Å². The van der Waals surface area contributed by atoms with E-state index in [-0.39, 0.29) is 18.6 Å². The number of ether oxygens (including phenoxy) is 1. The second-order valence-corrected chi connectivity index (χ2v) is 6.88. The van der Waals surface area contributed by atoms with Gasteiger partial charge in [0, 0.05) is 12.0 Å². The van der Waals surface area contributed by atoms with E-state index in [9.17, 15) is 4.79 Å². The number of aromatic nitrogens is 6. The number of benzene rings is 1. The number of carbonyl (C=O) groups excluding carboxylic acids is 1. The maximum Gasteiger partial charge on any atom is 0.338 e. The van der Waals surface area contributed by atoms with Gasteiger partial charge in [-0.25, -0.2) is 4.79 Å². The van der Waals surface area contributed by atoms with Crippen molar-refractivity contribution in [3.8, 4) is 11.4 Å². The van der Waals surface area contributed by atoms with Crippen LogP contribution in [0.15, 0.2) is 28.8 Å². The molecule has 0 N–H and O–H groups in total. The Morgan fingerprint density at radius 2 is 2.07 bits per heavy atom. The highest BCUT2D eigenvalue weighted by Gasteiger charge is 2.14. The molecular formula is C18H22N6O3. The summed E-state index contributed by atoms with van der Waals surface area (Å²) in [6.45, 7) is 8.03. The summed E-state index contributed by atoms with van der Waals surface area (Å²) in [5.41, 5.74) is 1.11. The van der Waals surface area contributed by atoms with E-state index in [0.717, 1.165) is 6.42 Å². The molecule has 0 atom stereocenters. The summed E-state index contributed by atoms with van der Waals surface area (Å²) < 4.78 is 10.4. The third kappa shape index (κ3) is 4.96. The summed E-state index contributed by atoms with van der Waals surface area (Å²) in [4.78, 5) is 17.8. The van der Waals surface area contributed by atoms with Crippen molar-refractivity contribution in [2.45, 2.75) is 46.8 Å². The maximum atomic E-state index is 12.1. The van der Waals surface area contributed by atoms with Gasteiger partial charge >= 0.3 is 5.97 Å². The number of hydrogen-bond donors (Lipinski definition) is 0. The summed E-state index contributed by atoms with van der Waals surface area (Å²) >= 11 is 0. The van der Waals surface area contributed by atoms with Gasteiger partial charge in [-0.1, -0.05) is 31.1 Å². The van der Waals surface area contributed by atoms with E-state index in [1.54, 1.807) is 32.0 Å². The van der Waals surface area contributed by atoms with Gasteiger partial charge in [-0.15, -0.1) is 10.2 Å². The first-order valence-electron chi connectivity index (χ1n) is 8.81. The van der Waals surface area contributed by atoms with Gasteiger partial charge in [-0.2, -0.15) is 9.78 Å². The highest BCUT2D eigenvalue weighted by Crippen LogP contribution is 2.17. The molecular weight excluding hydrogens is 348 g/mol. The van der Waals surface area contributed by atoms with E-state index in [1.165, 1.54) is 4.80 Å². The highest BCUT2D eigenvalue weighted by atomic mass is 16.5. The predicted molar refractivity (Wildman–Crippen MR) is 95.7 cm³/mol. The molecule has 0 fully saturated rings. The number of rotatable bonds is 7. The quantitative estimate of drug-likeness (QED) is 0.584. The van der Waals surface area contributed by atoms with Crippen molar-refractivity contribution in [1.82, 2.24) is 30.3 Å². The Labute approximate surface area is 156 Å². The molecule has 9 nitrogen and oxygen atoms in total. The molecule has 3 aromatic rings. The first-order valence-corrected chi connectivity index (χ1v) is 8.81. The first-order chi connectivity index (χ1) is 12.9. The molecule has 0 aliphatic heterocycles. The Morgan fingerprint density at radius 3 is 2.81 bits per heavy atom. The molecule has 0 saturated carbocycles. The zero-order valence-corrected chi connectivity index (χ0v) is 15.8. The van der Waals surface area contributed by atoms with Crippen LogP contribution < -0.4 is 0 Å². The minimum Gasteiger partial charge on any atom is -0.459 e. The fraction of sp³-hybridized carbons (Fsp3) is 0.444. The lowest BCUT2D eigenvalue weighted by Crippen LogP contribution is -2.11. The maximum absolute atomic E-state index is 12.1. The predicted octanol–water partition coefficient (Wildman–Crippen LogP) is 2.54. The number of hydrogen-bond acceptors (Lipinski definition) is 8. The van der Waals surface area contributed by atoms with Gasteiger partial charge in [-0.3, -0.25) is 0 Å². The van der Waals surface area contributed by atoms with Crippen LogP contribution in [-0.2, 0) is 17.7 Å². The van der Waals surface area contributed by atoms with Gasteiger partial charge in [0.15, 0.2) is 5.82 Å². The fourth-order valence-electron chi connectivity index (χ4n) is 2.41. The van der Waals surface area contributed by atoms with Crippen molar-refractivity contribution in [3.63, 3.8) is 0 Å². The molecule has 0 bridgehead atoms. The Kier molecular flexibility index (Phi) is 5.58. The highest BCUT2D eigenvalue weighted by molar-refractivity contribution is 5.90. The smallest absolute Gasteiger partial charge is 0.338 e. The lowest BCUT2D eigenvalue weighted by atomic mass is 10.1. The summed E-state index contributed by atoms with van der Waals surface area (Å²) in [5, 5.41) is 16.3. The Hall–Kier alpha value is -3.10. The number of tetrazole rings is 1. The van der Waals surface area contributed by atoms with Crippen molar-refractivity contribution in [3.05, 3.63) is 41.5 Å². The van der Waals surface area contributed by atoms with Crippen LogP contribution in [0.4, 0.5) is 0 Å². The van der Waals surface area contributed by atoms with E-state index in [0.29, 0.717) is 34.6 Å². The second kappa shape index (κ2) is 8.07. The largest absolute Gasteiger partial charge is 0.459 e. The molecule has 0 aliphatic carbocycles. The molecule has 3 rings (SSSR count). The van der Waals surface area contributed by atoms with E-state index >= 15 is 0 Å². The molecule has 0 saturated heterocycles. The molecule has 0 radical (unpaired) electrons. The van der Waals surface area contributed by atoms with Crippen molar-refractivity contribution >= 4 is 5.97 Å². The normalized spacial score (nSPS) is 11.3. The average molecular weight is 370 g/mol. The topological polar surface area (TPSA) is 109 Å². The summed E-state index contributed by atoms with van der Waals surface area (Å²) in [6, 6.07) is 6.93. The third-order valence-corrected chi connectivity index (χ3v) is 3.53. The van der Waals surface area contributed by atoms with Gasteiger partial charge in [0.2, 0.25) is 11.7 Å². The van der Waals surface area contributed by atoms with Gasteiger partial charge in [0.25, 0.3) is 0 Å². The van der Waals surface area contributed by atoms with Crippen LogP contribution in [0.1, 0.15) is 49.8 Å². The van der Waals surface area contributed by atoms with Crippen LogP contribution in [-0.4, -0.2) is 42.4 Å². The molecule has 0 spiro atoms. The molecule has 27 heavy (non-hydrogen) atoms. The Balaban J connectivity index is 1.72. The Morgan fingerprint density at radius 1 is 1.26 bits per heavy atom. The lowest BCUT2D eigenvalue weighted by Gasteiger charge is -2.08. The SMILES string of the molecule is CC(C)Cc1nc(Cn2nnc(-c3cccc(C(=O)OC(C)C)c3)n2)no1. The molecule has 9 heteroatoms. The standard InChI is InChI=1S/C18H22N6O3/c1-11(2)8-16-19-15(22-27-16)10-24-21-17(20-23-24)13-6-5-7-14(9-13)18(25)26-12(3)4/h5-7,9,11-12H,8,10H2,1-4H3. The molecule has 2 aromatic heterocycles. The number of nitrogens with zero attached hydrogens (tertiary/aromatic N) is 6. The van der Waals surface area contributed by atoms with Gasteiger partial charge in [-0.05, 0) is 37.1 Å². The van der Waals surface area contributed by atoms with Crippen LogP contribution >= 0.6 is 0 Å². The zero-order valence-electron chi connectivity index (χ0n) is 15.8. The number of esters is 1. The minimum atomic E-state index is -0.385. The fourth-order valence-corrected chi connectivity index (χ4v) is 2.41. The Bertz CT molecular complexity index is 915. The third-order valence-electron chi connectivity index (χ3n) is 3.53. The van der Waals surface area contributed by atoms with E-state index in [4.69, 9.17) is 9.26 Å². The summed E-state index contributed by atoms with van der Waals surface area (Å²) in [5.74, 6) is 1.54. The molecule has 142 valence electrons. The van der Waals surface area contributed by atoms with Crippen molar-refractivity contribution in [1.29, 1.82) is 0 Å². The molecule has 2 heterocycles. The van der Waals surface area contributed by atoms with Crippen LogP contribution in [0.25, 0.3) is 11.4 Å². The average Bonchev–Trinajstić information content (AvgIpc) is 3.24. The van der Waals surface area contributed by atoms with Gasteiger partial charge < -0.3 is 9.26 Å². The molecule has 0 unspecified atom stereocenters. The molecule has 0 amide bonds.